The molecule has 5 heteroatoms. The molecule has 0 radical (unpaired) electrons. The molecule has 0 N–H and O–H groups in total. The molecule has 0 spiro atoms. The third-order valence-electron chi connectivity index (χ3n) is 7.88. The molecule has 0 amide bonds. The number of para-hydroxylation sites is 1. The minimum absolute atomic E-state index is 0.631. The standard InChI is InChI=1S/C36H20N4O/c1-2-8-21(9-3-1)22-14-16-23(17-15-22)34-37-32-26-11-4-5-12-27(26)33-31(32)36(39-34)40-35(38-33)24-18-19-30-28(20-24)25-10-6-7-13-29(25)41-30/h1-20H. The number of rotatable bonds is 3. The number of furan rings is 1. The summed E-state index contributed by atoms with van der Waals surface area (Å²) in [6.45, 7) is 0. The zero-order valence-electron chi connectivity index (χ0n) is 21.7. The number of nitrogens with zero attached hydrogens (tertiary/aromatic N) is 4. The summed E-state index contributed by atoms with van der Waals surface area (Å²) in [5, 5.41) is 3.02. The quantitative estimate of drug-likeness (QED) is 0.231. The minimum Gasteiger partial charge on any atom is -0.456 e. The van der Waals surface area contributed by atoms with Gasteiger partial charge < -0.3 is 4.42 Å². The summed E-state index contributed by atoms with van der Waals surface area (Å²) in [7, 11) is 0. The summed E-state index contributed by atoms with van der Waals surface area (Å²) in [5.74, 6) is 1.28. The molecule has 9 rings (SSSR count). The zero-order valence-corrected chi connectivity index (χ0v) is 21.7. The predicted octanol–water partition coefficient (Wildman–Crippen LogP) is 8.97. The summed E-state index contributed by atoms with van der Waals surface area (Å²) in [6.07, 6.45) is 0. The van der Waals surface area contributed by atoms with Gasteiger partial charge in [-0.1, -0.05) is 97.1 Å². The third-order valence-corrected chi connectivity index (χ3v) is 7.88. The van der Waals surface area contributed by atoms with Crippen LogP contribution in [0.1, 0.15) is 0 Å². The predicted molar refractivity (Wildman–Crippen MR) is 163 cm³/mol. The lowest BCUT2D eigenvalue weighted by Gasteiger charge is -2.08. The first-order valence-corrected chi connectivity index (χ1v) is 13.6. The largest absolute Gasteiger partial charge is 0.456 e. The van der Waals surface area contributed by atoms with Crippen molar-refractivity contribution in [2.45, 2.75) is 0 Å². The lowest BCUT2D eigenvalue weighted by molar-refractivity contribution is 0.669. The Morgan fingerprint density at radius 1 is 0.415 bits per heavy atom. The number of hydrogen-bond donors (Lipinski definition) is 0. The first-order chi connectivity index (χ1) is 20.3. The van der Waals surface area contributed by atoms with Gasteiger partial charge in [0.25, 0.3) is 0 Å². The average Bonchev–Trinajstić information content (AvgIpc) is 3.57. The highest BCUT2D eigenvalue weighted by atomic mass is 16.3. The molecule has 3 heterocycles. The van der Waals surface area contributed by atoms with E-state index in [0.29, 0.717) is 17.3 Å². The monoisotopic (exact) mass is 524 g/mol. The van der Waals surface area contributed by atoms with Crippen molar-refractivity contribution >= 4 is 33.0 Å². The smallest absolute Gasteiger partial charge is 0.168 e. The van der Waals surface area contributed by atoms with Crippen LogP contribution in [0.15, 0.2) is 126 Å². The van der Waals surface area contributed by atoms with Gasteiger partial charge in [-0.25, -0.2) is 19.9 Å². The minimum atomic E-state index is 0.631. The fraction of sp³-hybridized carbons (Fsp3) is 0. The molecule has 0 aliphatic heterocycles. The van der Waals surface area contributed by atoms with Crippen LogP contribution in [0.5, 0.6) is 0 Å². The van der Waals surface area contributed by atoms with Crippen LogP contribution in [0.3, 0.4) is 0 Å². The molecule has 1 aliphatic carbocycles. The average molecular weight is 525 g/mol. The molecule has 5 nitrogen and oxygen atoms in total. The van der Waals surface area contributed by atoms with Crippen LogP contribution in [-0.2, 0) is 0 Å². The lowest BCUT2D eigenvalue weighted by atomic mass is 10.0. The van der Waals surface area contributed by atoms with E-state index in [1.54, 1.807) is 0 Å². The van der Waals surface area contributed by atoms with E-state index in [-0.39, 0.29) is 0 Å². The van der Waals surface area contributed by atoms with Gasteiger partial charge in [0.1, 0.15) is 11.2 Å². The van der Waals surface area contributed by atoms with E-state index >= 15 is 0 Å². The number of benzene rings is 5. The van der Waals surface area contributed by atoms with Crippen LogP contribution in [0.4, 0.5) is 0 Å². The number of fused-ring (bicyclic) bond motifs is 6. The molecule has 8 aromatic rings. The van der Waals surface area contributed by atoms with E-state index in [9.17, 15) is 0 Å². The van der Waals surface area contributed by atoms with Crippen LogP contribution in [-0.4, -0.2) is 19.9 Å². The molecule has 3 aromatic heterocycles. The van der Waals surface area contributed by atoms with E-state index in [2.05, 4.69) is 72.8 Å². The van der Waals surface area contributed by atoms with E-state index in [0.717, 1.165) is 66.5 Å². The number of aromatic nitrogens is 4. The maximum atomic E-state index is 6.05. The summed E-state index contributed by atoms with van der Waals surface area (Å²) >= 11 is 0. The first-order valence-electron chi connectivity index (χ1n) is 13.6. The van der Waals surface area contributed by atoms with Crippen molar-refractivity contribution < 1.29 is 4.42 Å². The van der Waals surface area contributed by atoms with Crippen molar-refractivity contribution in [3.8, 4) is 56.4 Å². The first kappa shape index (κ1) is 22.2. The van der Waals surface area contributed by atoms with E-state index in [1.165, 1.54) is 5.56 Å². The maximum absolute atomic E-state index is 6.05. The molecule has 0 saturated carbocycles. The summed E-state index contributed by atoms with van der Waals surface area (Å²) < 4.78 is 6.05. The van der Waals surface area contributed by atoms with Gasteiger partial charge in [0.15, 0.2) is 17.3 Å². The second-order valence-electron chi connectivity index (χ2n) is 10.3. The Kier molecular flexibility index (Phi) is 4.55. The van der Waals surface area contributed by atoms with Gasteiger partial charge in [-0.2, -0.15) is 0 Å². The SMILES string of the molecule is c1ccc(-c2ccc(-c3nc4c5c(nc(-c6ccc7oc8ccccc8c7c6)nc5n3)-c3ccccc3-4)cc2)cc1. The second-order valence-corrected chi connectivity index (χ2v) is 10.3. The topological polar surface area (TPSA) is 64.7 Å². The Morgan fingerprint density at radius 3 is 1.73 bits per heavy atom. The van der Waals surface area contributed by atoms with Crippen molar-refractivity contribution in [1.29, 1.82) is 0 Å². The van der Waals surface area contributed by atoms with Crippen LogP contribution in [0.25, 0.3) is 89.4 Å². The third kappa shape index (κ3) is 3.36. The molecule has 0 bridgehead atoms. The van der Waals surface area contributed by atoms with Gasteiger partial charge in [-0.05, 0) is 35.4 Å². The summed E-state index contributed by atoms with van der Waals surface area (Å²) in [4.78, 5) is 20.2. The molecular weight excluding hydrogens is 504 g/mol. The van der Waals surface area contributed by atoms with Crippen molar-refractivity contribution in [3.05, 3.63) is 121 Å². The van der Waals surface area contributed by atoms with E-state index in [1.807, 2.05) is 48.5 Å². The molecule has 190 valence electrons. The van der Waals surface area contributed by atoms with Crippen molar-refractivity contribution in [2.75, 3.05) is 0 Å². The van der Waals surface area contributed by atoms with Gasteiger partial charge in [0.05, 0.1) is 16.8 Å². The Labute approximate surface area is 234 Å². The molecule has 0 fully saturated rings. The molecular formula is C36H20N4O. The van der Waals surface area contributed by atoms with Gasteiger partial charge in [-0.15, -0.1) is 0 Å². The Hall–Kier alpha value is -5.68. The van der Waals surface area contributed by atoms with Crippen LogP contribution >= 0.6 is 0 Å². The molecule has 41 heavy (non-hydrogen) atoms. The molecule has 0 saturated heterocycles. The van der Waals surface area contributed by atoms with Crippen molar-refractivity contribution in [2.24, 2.45) is 0 Å². The Morgan fingerprint density at radius 2 is 0.976 bits per heavy atom. The maximum Gasteiger partial charge on any atom is 0.168 e. The highest BCUT2D eigenvalue weighted by Gasteiger charge is 2.27. The van der Waals surface area contributed by atoms with E-state index in [4.69, 9.17) is 24.4 Å². The lowest BCUT2D eigenvalue weighted by Crippen LogP contribution is -1.98. The van der Waals surface area contributed by atoms with E-state index < -0.39 is 0 Å². The van der Waals surface area contributed by atoms with Gasteiger partial charge in [0, 0.05) is 33.0 Å². The Bertz CT molecular complexity index is 2300. The van der Waals surface area contributed by atoms with Gasteiger partial charge in [0.2, 0.25) is 0 Å². The van der Waals surface area contributed by atoms with Crippen LogP contribution < -0.4 is 0 Å². The fourth-order valence-corrected chi connectivity index (χ4v) is 5.89. The fourth-order valence-electron chi connectivity index (χ4n) is 5.89. The van der Waals surface area contributed by atoms with Crippen LogP contribution in [0, 0.1) is 0 Å². The van der Waals surface area contributed by atoms with Crippen molar-refractivity contribution in [1.82, 2.24) is 19.9 Å². The molecule has 1 aliphatic rings. The van der Waals surface area contributed by atoms with Crippen molar-refractivity contribution in [3.63, 3.8) is 0 Å². The Balaban J connectivity index is 1.24. The zero-order chi connectivity index (χ0) is 26.9. The molecule has 0 unspecified atom stereocenters. The summed E-state index contributed by atoms with van der Waals surface area (Å²) in [6, 6.07) is 41.3. The van der Waals surface area contributed by atoms with Gasteiger partial charge in [-0.3, -0.25) is 0 Å². The highest BCUT2D eigenvalue weighted by molar-refractivity contribution is 6.11. The highest BCUT2D eigenvalue weighted by Crippen LogP contribution is 2.45. The van der Waals surface area contributed by atoms with Crippen LogP contribution in [0.2, 0.25) is 0 Å². The number of hydrogen-bond acceptors (Lipinski definition) is 5. The molecule has 5 aromatic carbocycles. The second kappa shape index (κ2) is 8.41. The molecule has 0 atom stereocenters. The summed E-state index contributed by atoms with van der Waals surface area (Å²) in [5.41, 5.74) is 10.4. The van der Waals surface area contributed by atoms with Gasteiger partial charge >= 0.3 is 0 Å². The normalized spacial score (nSPS) is 11.9.